The molecule has 1 aromatic rings. The van der Waals surface area contributed by atoms with Crippen molar-refractivity contribution in [3.05, 3.63) is 57.9 Å². The van der Waals surface area contributed by atoms with Gasteiger partial charge in [0.15, 0.2) is 0 Å². The molecule has 104 valence electrons. The van der Waals surface area contributed by atoms with Crippen molar-refractivity contribution in [3.8, 4) is 5.75 Å². The first kappa shape index (κ1) is 13.6. The van der Waals surface area contributed by atoms with Crippen molar-refractivity contribution in [2.45, 2.75) is 6.42 Å². The highest BCUT2D eigenvalue weighted by Gasteiger charge is 2.30. The summed E-state index contributed by atoms with van der Waals surface area (Å²) in [6.07, 6.45) is 2.30. The van der Waals surface area contributed by atoms with Gasteiger partial charge < -0.3 is 15.2 Å². The summed E-state index contributed by atoms with van der Waals surface area (Å²) in [4.78, 5) is 20.8. The molecule has 1 aliphatic rings. The number of carboxylic acid groups (broad SMARTS) is 1. The Hall–Kier alpha value is -2.83. The van der Waals surface area contributed by atoms with Crippen LogP contribution in [0.4, 0.5) is 5.69 Å². The lowest BCUT2D eigenvalue weighted by molar-refractivity contribution is -0.422. The largest absolute Gasteiger partial charge is 0.485 e. The predicted octanol–water partition coefficient (Wildman–Crippen LogP) is 1.79. The lowest BCUT2D eigenvalue weighted by Gasteiger charge is -2.23. The SMILES string of the molecule is C=CCc1cccc2c1OC/C(=C(\C(=O)O)[N+](=O)[O-])N2. The number of nitro groups is 1. The first-order valence-corrected chi connectivity index (χ1v) is 5.78. The summed E-state index contributed by atoms with van der Waals surface area (Å²) < 4.78 is 5.47. The van der Waals surface area contributed by atoms with E-state index in [0.29, 0.717) is 17.9 Å². The number of fused-ring (bicyclic) bond motifs is 1. The highest BCUT2D eigenvalue weighted by molar-refractivity contribution is 5.86. The highest BCUT2D eigenvalue weighted by atomic mass is 16.6. The van der Waals surface area contributed by atoms with Gasteiger partial charge in [0.2, 0.25) is 0 Å². The van der Waals surface area contributed by atoms with Gasteiger partial charge in [-0.25, -0.2) is 4.79 Å². The molecular formula is C13H12N2O5. The Bertz CT molecular complexity index is 605. The Labute approximate surface area is 114 Å². The Morgan fingerprint density at radius 3 is 2.95 bits per heavy atom. The summed E-state index contributed by atoms with van der Waals surface area (Å²) in [7, 11) is 0. The number of nitrogens with zero attached hydrogens (tertiary/aromatic N) is 1. The van der Waals surface area contributed by atoms with Crippen LogP contribution >= 0.6 is 0 Å². The Morgan fingerprint density at radius 1 is 1.60 bits per heavy atom. The molecule has 20 heavy (non-hydrogen) atoms. The van der Waals surface area contributed by atoms with E-state index in [1.807, 2.05) is 6.07 Å². The van der Waals surface area contributed by atoms with Gasteiger partial charge in [-0.05, 0) is 12.5 Å². The van der Waals surface area contributed by atoms with E-state index in [2.05, 4.69) is 11.9 Å². The van der Waals surface area contributed by atoms with Crippen LogP contribution in [0.2, 0.25) is 0 Å². The third kappa shape index (κ3) is 2.46. The molecule has 1 aromatic carbocycles. The molecule has 0 aromatic heterocycles. The molecule has 0 aliphatic carbocycles. The van der Waals surface area contributed by atoms with Gasteiger partial charge in [-0.3, -0.25) is 10.1 Å². The second-order valence-corrected chi connectivity index (χ2v) is 4.09. The first-order chi connectivity index (χ1) is 9.54. The van der Waals surface area contributed by atoms with Crippen LogP contribution < -0.4 is 10.1 Å². The van der Waals surface area contributed by atoms with Gasteiger partial charge in [-0.1, -0.05) is 18.2 Å². The molecule has 2 rings (SSSR count). The number of ether oxygens (including phenoxy) is 1. The van der Waals surface area contributed by atoms with E-state index in [1.165, 1.54) is 0 Å². The number of hydrogen-bond acceptors (Lipinski definition) is 5. The Kier molecular flexibility index (Phi) is 3.69. The molecular weight excluding hydrogens is 264 g/mol. The van der Waals surface area contributed by atoms with E-state index in [0.717, 1.165) is 5.56 Å². The molecule has 0 unspecified atom stereocenters. The molecule has 0 fully saturated rings. The fourth-order valence-corrected chi connectivity index (χ4v) is 1.96. The van der Waals surface area contributed by atoms with Crippen LogP contribution in [0.3, 0.4) is 0 Å². The van der Waals surface area contributed by atoms with E-state index < -0.39 is 16.6 Å². The average Bonchev–Trinajstić information content (AvgIpc) is 2.38. The van der Waals surface area contributed by atoms with Crippen molar-refractivity contribution in [2.75, 3.05) is 11.9 Å². The molecule has 0 spiro atoms. The zero-order valence-electron chi connectivity index (χ0n) is 10.5. The van der Waals surface area contributed by atoms with Gasteiger partial charge in [0.25, 0.3) is 0 Å². The van der Waals surface area contributed by atoms with Crippen molar-refractivity contribution in [2.24, 2.45) is 0 Å². The van der Waals surface area contributed by atoms with Gasteiger partial charge in [0.05, 0.1) is 10.6 Å². The third-order valence-electron chi connectivity index (χ3n) is 2.78. The van der Waals surface area contributed by atoms with Crippen molar-refractivity contribution in [3.63, 3.8) is 0 Å². The number of carboxylic acids is 1. The summed E-state index contributed by atoms with van der Waals surface area (Å²) in [5, 5.41) is 22.4. The normalized spacial score (nSPS) is 15.4. The summed E-state index contributed by atoms with van der Waals surface area (Å²) in [5.74, 6) is -1.05. The number of allylic oxidation sites excluding steroid dienone is 1. The maximum absolute atomic E-state index is 10.9. The molecule has 0 atom stereocenters. The maximum atomic E-state index is 10.9. The van der Waals surface area contributed by atoms with E-state index in [4.69, 9.17) is 9.84 Å². The van der Waals surface area contributed by atoms with Crippen molar-refractivity contribution >= 4 is 11.7 Å². The number of aliphatic carboxylic acids is 1. The van der Waals surface area contributed by atoms with Gasteiger partial charge >= 0.3 is 11.7 Å². The van der Waals surface area contributed by atoms with Gasteiger partial charge in [0, 0.05) is 5.56 Å². The van der Waals surface area contributed by atoms with Crippen LogP contribution in [0.5, 0.6) is 5.75 Å². The standard InChI is InChI=1S/C13H12N2O5/c1-2-4-8-5-3-6-9-12(8)20-7-10(14-9)11(13(16)17)15(18)19/h2-3,5-6,14H,1,4,7H2,(H,16,17)/b11-10-. The number of hydrogen-bond donors (Lipinski definition) is 2. The maximum Gasteiger partial charge on any atom is 0.409 e. The van der Waals surface area contributed by atoms with Crippen LogP contribution in [0.1, 0.15) is 5.56 Å². The fourth-order valence-electron chi connectivity index (χ4n) is 1.96. The second-order valence-electron chi connectivity index (χ2n) is 4.09. The number of benzene rings is 1. The molecule has 2 N–H and O–H groups in total. The van der Waals surface area contributed by atoms with E-state index in [1.54, 1.807) is 18.2 Å². The zero-order chi connectivity index (χ0) is 14.7. The number of carbonyl (C=O) groups is 1. The average molecular weight is 276 g/mol. The number of anilines is 1. The van der Waals surface area contributed by atoms with Crippen LogP contribution in [-0.2, 0) is 11.2 Å². The Balaban J connectivity index is 2.43. The van der Waals surface area contributed by atoms with Crippen LogP contribution in [0.25, 0.3) is 0 Å². The van der Waals surface area contributed by atoms with Crippen LogP contribution in [0.15, 0.2) is 42.2 Å². The van der Waals surface area contributed by atoms with Gasteiger partial charge in [-0.15, -0.1) is 6.58 Å². The smallest absolute Gasteiger partial charge is 0.409 e. The quantitative estimate of drug-likeness (QED) is 0.376. The Morgan fingerprint density at radius 2 is 2.35 bits per heavy atom. The number of para-hydroxylation sites is 1. The van der Waals surface area contributed by atoms with Gasteiger partial charge in [0.1, 0.15) is 18.1 Å². The molecule has 0 saturated heterocycles. The predicted molar refractivity (Wildman–Crippen MR) is 71.1 cm³/mol. The first-order valence-electron chi connectivity index (χ1n) is 5.78. The minimum atomic E-state index is -1.60. The molecule has 7 nitrogen and oxygen atoms in total. The zero-order valence-corrected chi connectivity index (χ0v) is 10.5. The molecule has 0 saturated carbocycles. The topological polar surface area (TPSA) is 102 Å². The number of rotatable bonds is 4. The minimum Gasteiger partial charge on any atom is -0.485 e. The highest BCUT2D eigenvalue weighted by Crippen LogP contribution is 2.34. The minimum absolute atomic E-state index is 0.0780. The van der Waals surface area contributed by atoms with Crippen LogP contribution in [-0.4, -0.2) is 22.6 Å². The van der Waals surface area contributed by atoms with Crippen LogP contribution in [0, 0.1) is 10.1 Å². The van der Waals surface area contributed by atoms with E-state index >= 15 is 0 Å². The third-order valence-corrected chi connectivity index (χ3v) is 2.78. The monoisotopic (exact) mass is 276 g/mol. The summed E-state index contributed by atoms with van der Waals surface area (Å²) in [5.41, 5.74) is 0.392. The molecule has 0 radical (unpaired) electrons. The van der Waals surface area contributed by atoms with Crippen molar-refractivity contribution in [1.29, 1.82) is 0 Å². The number of nitrogens with one attached hydrogen (secondary N) is 1. The van der Waals surface area contributed by atoms with Crippen molar-refractivity contribution in [1.82, 2.24) is 0 Å². The van der Waals surface area contributed by atoms with E-state index in [-0.39, 0.29) is 12.3 Å². The van der Waals surface area contributed by atoms with Gasteiger partial charge in [-0.2, -0.15) is 0 Å². The molecule has 0 amide bonds. The van der Waals surface area contributed by atoms with E-state index in [9.17, 15) is 14.9 Å². The molecule has 7 heteroatoms. The summed E-state index contributed by atoms with van der Waals surface area (Å²) in [6.45, 7) is 3.45. The van der Waals surface area contributed by atoms with Crippen molar-refractivity contribution < 1.29 is 19.6 Å². The summed E-state index contributed by atoms with van der Waals surface area (Å²) in [6, 6.07) is 5.27. The molecule has 1 heterocycles. The second kappa shape index (κ2) is 5.43. The molecule has 1 aliphatic heterocycles. The molecule has 0 bridgehead atoms. The fraction of sp³-hybridized carbons (Fsp3) is 0.154. The summed E-state index contributed by atoms with van der Waals surface area (Å²) >= 11 is 0. The lowest BCUT2D eigenvalue weighted by atomic mass is 10.1. The lowest BCUT2D eigenvalue weighted by Crippen LogP contribution is -2.25.